The van der Waals surface area contributed by atoms with E-state index in [1.807, 2.05) is 60.7 Å². The molecule has 4 heteroatoms. The summed E-state index contributed by atoms with van der Waals surface area (Å²) in [5, 5.41) is 0. The summed E-state index contributed by atoms with van der Waals surface area (Å²) in [6.45, 7) is 1.53. The number of hydrogen-bond acceptors (Lipinski definition) is 4. The number of carbonyl (C=O) groups is 1. The average molecular weight is 333 g/mol. The van der Waals surface area contributed by atoms with Gasteiger partial charge in [0.2, 0.25) is 0 Å². The monoisotopic (exact) mass is 333 g/mol. The zero-order valence-corrected chi connectivity index (χ0v) is 14.0. The Kier molecular flexibility index (Phi) is 5.44. The molecule has 0 heterocycles. The Hall–Kier alpha value is -3.11. The summed E-state index contributed by atoms with van der Waals surface area (Å²) in [4.78, 5) is 22.3. The molecule has 0 spiro atoms. The highest BCUT2D eigenvalue weighted by molar-refractivity contribution is 5.76. The van der Waals surface area contributed by atoms with Gasteiger partial charge < -0.3 is 4.90 Å². The molecule has 25 heavy (non-hydrogen) atoms. The summed E-state index contributed by atoms with van der Waals surface area (Å²) in [7, 11) is 0. The third kappa shape index (κ3) is 4.46. The SMILES string of the molecule is CC(=O)OOCc1ccc(N(c2ccccc2)c2ccccc2)cc1. The average Bonchev–Trinajstić information content (AvgIpc) is 2.65. The van der Waals surface area contributed by atoms with E-state index in [4.69, 9.17) is 4.89 Å². The summed E-state index contributed by atoms with van der Waals surface area (Å²) < 4.78 is 0. The van der Waals surface area contributed by atoms with E-state index in [1.165, 1.54) is 6.92 Å². The van der Waals surface area contributed by atoms with Crippen molar-refractivity contribution in [3.8, 4) is 0 Å². The van der Waals surface area contributed by atoms with Crippen molar-refractivity contribution in [2.45, 2.75) is 13.5 Å². The summed E-state index contributed by atoms with van der Waals surface area (Å²) in [6, 6.07) is 28.3. The fourth-order valence-electron chi connectivity index (χ4n) is 2.52. The molecule has 0 aliphatic rings. The minimum Gasteiger partial charge on any atom is -0.311 e. The van der Waals surface area contributed by atoms with E-state index in [0.717, 1.165) is 22.6 Å². The number of nitrogens with zero attached hydrogens (tertiary/aromatic N) is 1. The van der Waals surface area contributed by atoms with Crippen LogP contribution in [0.4, 0.5) is 17.1 Å². The molecule has 3 aromatic carbocycles. The molecule has 3 rings (SSSR count). The first-order chi connectivity index (χ1) is 12.2. The quantitative estimate of drug-likeness (QED) is 0.462. The van der Waals surface area contributed by atoms with Gasteiger partial charge in [-0.25, -0.2) is 4.79 Å². The van der Waals surface area contributed by atoms with E-state index in [0.29, 0.717) is 0 Å². The second-order valence-corrected chi connectivity index (χ2v) is 5.51. The smallest absolute Gasteiger partial charge is 0.311 e. The highest BCUT2D eigenvalue weighted by atomic mass is 17.2. The topological polar surface area (TPSA) is 38.8 Å². The van der Waals surface area contributed by atoms with Gasteiger partial charge in [0.25, 0.3) is 0 Å². The Bertz CT molecular complexity index is 762. The Balaban J connectivity index is 1.85. The predicted octanol–water partition coefficient (Wildman–Crippen LogP) is 5.15. The van der Waals surface area contributed by atoms with Crippen molar-refractivity contribution in [2.75, 3.05) is 4.90 Å². The number of carbonyl (C=O) groups excluding carboxylic acids is 1. The van der Waals surface area contributed by atoms with Gasteiger partial charge in [-0.15, -0.1) is 0 Å². The third-order valence-corrected chi connectivity index (χ3v) is 3.63. The van der Waals surface area contributed by atoms with Crippen LogP contribution in [-0.2, 0) is 21.2 Å². The minimum atomic E-state index is -0.462. The Morgan fingerprint density at radius 2 is 1.24 bits per heavy atom. The predicted molar refractivity (Wildman–Crippen MR) is 97.7 cm³/mol. The second kappa shape index (κ2) is 8.13. The zero-order valence-electron chi connectivity index (χ0n) is 14.0. The van der Waals surface area contributed by atoms with Crippen LogP contribution in [0.5, 0.6) is 0 Å². The van der Waals surface area contributed by atoms with E-state index >= 15 is 0 Å². The van der Waals surface area contributed by atoms with Crippen molar-refractivity contribution in [3.63, 3.8) is 0 Å². The third-order valence-electron chi connectivity index (χ3n) is 3.63. The first kappa shape index (κ1) is 16.7. The van der Waals surface area contributed by atoms with Gasteiger partial charge in [0.05, 0.1) is 0 Å². The van der Waals surface area contributed by atoms with Gasteiger partial charge in [0.1, 0.15) is 6.61 Å². The molecule has 0 N–H and O–H groups in total. The maximum atomic E-state index is 10.7. The van der Waals surface area contributed by atoms with Crippen molar-refractivity contribution in [1.82, 2.24) is 0 Å². The van der Waals surface area contributed by atoms with Crippen molar-refractivity contribution < 1.29 is 14.6 Å². The molecule has 0 saturated heterocycles. The van der Waals surface area contributed by atoms with Crippen molar-refractivity contribution in [3.05, 3.63) is 90.5 Å². The molecule has 0 bridgehead atoms. The molecule has 3 aromatic rings. The van der Waals surface area contributed by atoms with Gasteiger partial charge in [-0.05, 0) is 42.0 Å². The van der Waals surface area contributed by atoms with Crippen LogP contribution in [0.25, 0.3) is 0 Å². The van der Waals surface area contributed by atoms with Gasteiger partial charge in [0.15, 0.2) is 0 Å². The summed E-state index contributed by atoms with van der Waals surface area (Å²) in [6.07, 6.45) is 0. The molecule has 0 radical (unpaired) electrons. The van der Waals surface area contributed by atoms with Crippen LogP contribution in [0.2, 0.25) is 0 Å². The van der Waals surface area contributed by atoms with Gasteiger partial charge in [-0.1, -0.05) is 48.5 Å². The summed E-state index contributed by atoms with van der Waals surface area (Å²) >= 11 is 0. The Labute approximate surface area is 147 Å². The fourth-order valence-corrected chi connectivity index (χ4v) is 2.52. The normalized spacial score (nSPS) is 10.3. The van der Waals surface area contributed by atoms with Crippen LogP contribution >= 0.6 is 0 Å². The number of para-hydroxylation sites is 2. The molecule has 126 valence electrons. The molecular weight excluding hydrogens is 314 g/mol. The summed E-state index contributed by atoms with van der Waals surface area (Å²) in [5.41, 5.74) is 4.12. The van der Waals surface area contributed by atoms with Gasteiger partial charge in [0, 0.05) is 24.0 Å². The van der Waals surface area contributed by atoms with Crippen molar-refractivity contribution in [2.24, 2.45) is 0 Å². The van der Waals surface area contributed by atoms with Crippen LogP contribution in [-0.4, -0.2) is 5.97 Å². The number of benzene rings is 3. The van der Waals surface area contributed by atoms with Crippen LogP contribution in [0.3, 0.4) is 0 Å². The lowest BCUT2D eigenvalue weighted by Gasteiger charge is -2.25. The van der Waals surface area contributed by atoms with E-state index in [-0.39, 0.29) is 6.61 Å². The molecule has 0 aliphatic carbocycles. The fraction of sp³-hybridized carbons (Fsp3) is 0.0952. The molecular formula is C21H19NO3. The highest BCUT2D eigenvalue weighted by Gasteiger charge is 2.11. The van der Waals surface area contributed by atoms with Crippen LogP contribution in [0.15, 0.2) is 84.9 Å². The van der Waals surface area contributed by atoms with E-state index in [1.54, 1.807) is 0 Å². The van der Waals surface area contributed by atoms with Crippen molar-refractivity contribution in [1.29, 1.82) is 0 Å². The van der Waals surface area contributed by atoms with E-state index in [2.05, 4.69) is 34.1 Å². The van der Waals surface area contributed by atoms with Crippen LogP contribution in [0.1, 0.15) is 12.5 Å². The molecule has 0 atom stereocenters. The molecule has 0 unspecified atom stereocenters. The molecule has 0 aromatic heterocycles. The van der Waals surface area contributed by atoms with Gasteiger partial charge in [-0.3, -0.25) is 4.89 Å². The number of rotatable bonds is 6. The Morgan fingerprint density at radius 1 is 0.760 bits per heavy atom. The Morgan fingerprint density at radius 3 is 1.72 bits per heavy atom. The maximum Gasteiger partial charge on any atom is 0.339 e. The highest BCUT2D eigenvalue weighted by Crippen LogP contribution is 2.34. The lowest BCUT2D eigenvalue weighted by Crippen LogP contribution is -2.09. The van der Waals surface area contributed by atoms with Gasteiger partial charge in [-0.2, -0.15) is 4.89 Å². The molecule has 0 saturated carbocycles. The first-order valence-corrected chi connectivity index (χ1v) is 8.03. The number of anilines is 3. The molecule has 0 aliphatic heterocycles. The standard InChI is InChI=1S/C21H19NO3/c1-17(23)25-24-16-18-12-14-21(15-13-18)22(19-8-4-2-5-9-19)20-10-6-3-7-11-20/h2-15H,16H2,1H3. The largest absolute Gasteiger partial charge is 0.339 e. The molecule has 0 fully saturated rings. The summed E-state index contributed by atoms with van der Waals surface area (Å²) in [5.74, 6) is -0.462. The van der Waals surface area contributed by atoms with Crippen LogP contribution < -0.4 is 4.90 Å². The number of hydrogen-bond donors (Lipinski definition) is 0. The lowest BCUT2D eigenvalue weighted by molar-refractivity contribution is -0.277. The molecule has 0 amide bonds. The first-order valence-electron chi connectivity index (χ1n) is 8.03. The zero-order chi connectivity index (χ0) is 17.5. The van der Waals surface area contributed by atoms with Gasteiger partial charge >= 0.3 is 5.97 Å². The maximum absolute atomic E-state index is 10.7. The second-order valence-electron chi connectivity index (χ2n) is 5.51. The minimum absolute atomic E-state index is 0.219. The van der Waals surface area contributed by atoms with Crippen LogP contribution in [0, 0.1) is 0 Å². The van der Waals surface area contributed by atoms with E-state index in [9.17, 15) is 4.79 Å². The van der Waals surface area contributed by atoms with E-state index < -0.39 is 5.97 Å². The van der Waals surface area contributed by atoms with Crippen molar-refractivity contribution >= 4 is 23.0 Å². The molecule has 4 nitrogen and oxygen atoms in total. The lowest BCUT2D eigenvalue weighted by atomic mass is 10.1.